The minimum absolute atomic E-state index is 0.0482. The fourth-order valence-electron chi connectivity index (χ4n) is 6.03. The van der Waals surface area contributed by atoms with Crippen molar-refractivity contribution in [1.82, 2.24) is 5.32 Å². The lowest BCUT2D eigenvalue weighted by atomic mass is 9.72. The predicted octanol–water partition coefficient (Wildman–Crippen LogP) is 3.80. The van der Waals surface area contributed by atoms with Crippen LogP contribution < -0.4 is 15.0 Å². The van der Waals surface area contributed by atoms with Crippen LogP contribution in [0, 0.1) is 12.3 Å². The summed E-state index contributed by atoms with van der Waals surface area (Å²) in [7, 11) is 6.31. The minimum atomic E-state index is -1.83. The molecule has 1 aromatic rings. The van der Waals surface area contributed by atoms with Crippen LogP contribution in [0.15, 0.2) is 35.9 Å². The number of allylic oxidation sites excluding steroid dienone is 3. The molecule has 10 heteroatoms. The van der Waals surface area contributed by atoms with E-state index in [1.165, 1.54) is 14.2 Å². The molecule has 10 nitrogen and oxygen atoms in total. The summed E-state index contributed by atoms with van der Waals surface area (Å²) in [5.74, 6) is 0.515. The van der Waals surface area contributed by atoms with Crippen LogP contribution in [0.25, 0.3) is 0 Å². The van der Waals surface area contributed by atoms with Crippen molar-refractivity contribution in [2.24, 2.45) is 5.41 Å². The molecule has 41 heavy (non-hydrogen) atoms. The summed E-state index contributed by atoms with van der Waals surface area (Å²) in [5.41, 5.74) is -0.590. The fourth-order valence-corrected chi connectivity index (χ4v) is 6.03. The van der Waals surface area contributed by atoms with Gasteiger partial charge in [0.2, 0.25) is 5.91 Å². The second kappa shape index (κ2) is 12.5. The number of nitrogens with one attached hydrogen (secondary N) is 1. The quantitative estimate of drug-likeness (QED) is 0.498. The Hall–Kier alpha value is -2.92. The van der Waals surface area contributed by atoms with Gasteiger partial charge in [-0.1, -0.05) is 37.6 Å². The predicted molar refractivity (Wildman–Crippen MR) is 156 cm³/mol. The topological polar surface area (TPSA) is 127 Å². The van der Waals surface area contributed by atoms with Gasteiger partial charge in [0.25, 0.3) is 0 Å². The molecule has 0 aromatic heterocycles. The molecule has 2 aliphatic rings. The van der Waals surface area contributed by atoms with E-state index in [-0.39, 0.29) is 25.2 Å². The van der Waals surface area contributed by atoms with Gasteiger partial charge in [-0.25, -0.2) is 4.79 Å². The first kappa shape index (κ1) is 32.6. The highest BCUT2D eigenvalue weighted by atomic mass is 16.6. The highest BCUT2D eigenvalue weighted by molar-refractivity contribution is 5.94. The summed E-state index contributed by atoms with van der Waals surface area (Å²) in [6, 6.07) is 3.95. The Morgan fingerprint density at radius 1 is 1.07 bits per heavy atom. The molecule has 228 valence electrons. The average molecular weight is 575 g/mol. The maximum Gasteiger partial charge on any atom is 0.409 e. The third-order valence-corrected chi connectivity index (χ3v) is 8.31. The number of nitrogens with zero attached hydrogens (tertiary/aromatic N) is 1. The van der Waals surface area contributed by atoms with E-state index in [1.54, 1.807) is 38.1 Å². The Bertz CT molecular complexity index is 1190. The number of carbonyl (C=O) groups excluding carboxylic acids is 2. The zero-order valence-corrected chi connectivity index (χ0v) is 25.7. The molecule has 1 saturated heterocycles. The number of rotatable bonds is 3. The molecule has 3 N–H and O–H groups in total. The van der Waals surface area contributed by atoms with E-state index in [0.29, 0.717) is 12.2 Å². The third-order valence-electron chi connectivity index (χ3n) is 8.31. The molecule has 5 atom stereocenters. The van der Waals surface area contributed by atoms with Crippen molar-refractivity contribution in [2.75, 3.05) is 33.3 Å². The van der Waals surface area contributed by atoms with Gasteiger partial charge < -0.3 is 34.1 Å². The van der Waals surface area contributed by atoms with Gasteiger partial charge in [0.1, 0.15) is 18.0 Å². The largest absolute Gasteiger partial charge is 0.496 e. The fraction of sp³-hybridized carbons (Fsp3) is 0.613. The van der Waals surface area contributed by atoms with Crippen molar-refractivity contribution in [3.63, 3.8) is 0 Å². The van der Waals surface area contributed by atoms with E-state index in [0.717, 1.165) is 22.4 Å². The van der Waals surface area contributed by atoms with Crippen molar-refractivity contribution in [2.45, 2.75) is 89.9 Å². The van der Waals surface area contributed by atoms with Crippen LogP contribution in [0.4, 0.5) is 10.5 Å². The lowest BCUT2D eigenvalue weighted by Crippen LogP contribution is -2.66. The Kier molecular flexibility index (Phi) is 9.96. The second-order valence-electron chi connectivity index (χ2n) is 12.2. The Labute approximate surface area is 243 Å². The zero-order chi connectivity index (χ0) is 30.8. The molecule has 0 saturated carbocycles. The number of aliphatic hydroxyl groups is 2. The maximum absolute atomic E-state index is 13.6. The molecule has 0 aliphatic carbocycles. The summed E-state index contributed by atoms with van der Waals surface area (Å²) < 4.78 is 22.5. The number of ether oxygens (including phenoxy) is 4. The highest BCUT2D eigenvalue weighted by Crippen LogP contribution is 2.40. The van der Waals surface area contributed by atoms with Crippen molar-refractivity contribution in [1.29, 1.82) is 0 Å². The molecular weight excluding hydrogens is 528 g/mol. The Morgan fingerprint density at radius 3 is 2.37 bits per heavy atom. The van der Waals surface area contributed by atoms with E-state index >= 15 is 0 Å². The first-order chi connectivity index (χ1) is 19.1. The SMILES string of the molecule is COc1cc2cc(c1C)N(C)C(=O)C[C@H](OC)C(C)(C)CC(C)(O)C1C[C@@](O)(NC(=O)O1)[C@H](OC)/C=C/C=C(\C)C2. The van der Waals surface area contributed by atoms with E-state index < -0.39 is 41.1 Å². The van der Waals surface area contributed by atoms with Crippen molar-refractivity contribution < 1.29 is 38.7 Å². The number of methoxy groups -OCH3 is 3. The van der Waals surface area contributed by atoms with Crippen molar-refractivity contribution in [3.05, 3.63) is 47.1 Å². The van der Waals surface area contributed by atoms with Crippen molar-refractivity contribution in [3.8, 4) is 5.75 Å². The third kappa shape index (κ3) is 7.30. The van der Waals surface area contributed by atoms with Gasteiger partial charge in [0, 0.05) is 33.3 Å². The number of fused-ring (bicyclic) bond motifs is 4. The molecule has 2 aliphatic heterocycles. The number of amides is 2. The first-order valence-electron chi connectivity index (χ1n) is 13.8. The molecule has 2 heterocycles. The van der Waals surface area contributed by atoms with Crippen LogP contribution in [0.5, 0.6) is 5.75 Å². The Morgan fingerprint density at radius 2 is 1.76 bits per heavy atom. The highest BCUT2D eigenvalue weighted by Gasteiger charge is 2.52. The average Bonchev–Trinajstić information content (AvgIpc) is 2.88. The Balaban J connectivity index is 2.13. The molecule has 4 bridgehead atoms. The number of carbonyl (C=O) groups is 2. The van der Waals surface area contributed by atoms with Crippen LogP contribution in [0.2, 0.25) is 0 Å². The van der Waals surface area contributed by atoms with E-state index in [9.17, 15) is 19.8 Å². The summed E-state index contributed by atoms with van der Waals surface area (Å²) >= 11 is 0. The van der Waals surface area contributed by atoms with Gasteiger partial charge >= 0.3 is 6.09 Å². The second-order valence-corrected chi connectivity index (χ2v) is 12.2. The van der Waals surface area contributed by atoms with Crippen LogP contribution in [0.1, 0.15) is 58.1 Å². The number of hydrogen-bond donors (Lipinski definition) is 3. The van der Waals surface area contributed by atoms with Gasteiger partial charge in [-0.2, -0.15) is 0 Å². The van der Waals surface area contributed by atoms with E-state index in [4.69, 9.17) is 18.9 Å². The lowest BCUT2D eigenvalue weighted by Gasteiger charge is -2.47. The van der Waals surface area contributed by atoms with Crippen LogP contribution >= 0.6 is 0 Å². The number of alkyl carbamates (subject to hydrolysis) is 1. The van der Waals surface area contributed by atoms with Crippen LogP contribution in [-0.4, -0.2) is 80.2 Å². The molecule has 2 amide bonds. The van der Waals surface area contributed by atoms with Crippen LogP contribution in [-0.2, 0) is 25.4 Å². The monoisotopic (exact) mass is 574 g/mol. The maximum atomic E-state index is 13.6. The molecule has 1 fully saturated rings. The zero-order valence-electron chi connectivity index (χ0n) is 25.7. The van der Waals surface area contributed by atoms with Gasteiger partial charge in [-0.05, 0) is 56.7 Å². The molecule has 3 rings (SSSR count). The van der Waals surface area contributed by atoms with E-state index in [2.05, 4.69) is 5.32 Å². The lowest BCUT2D eigenvalue weighted by molar-refractivity contribution is -0.181. The summed E-state index contributed by atoms with van der Waals surface area (Å²) in [6.07, 6.45) is 2.52. The van der Waals surface area contributed by atoms with E-state index in [1.807, 2.05) is 45.9 Å². The number of benzene rings is 1. The minimum Gasteiger partial charge on any atom is -0.496 e. The molecule has 0 spiro atoms. The molecule has 0 radical (unpaired) electrons. The van der Waals surface area contributed by atoms with Gasteiger partial charge in [0.15, 0.2) is 5.72 Å². The van der Waals surface area contributed by atoms with Gasteiger partial charge in [-0.15, -0.1) is 0 Å². The van der Waals surface area contributed by atoms with Gasteiger partial charge in [-0.3, -0.25) is 10.1 Å². The van der Waals surface area contributed by atoms with Gasteiger partial charge in [0.05, 0.1) is 30.9 Å². The summed E-state index contributed by atoms with van der Waals surface area (Å²) in [6.45, 7) is 9.24. The number of anilines is 1. The van der Waals surface area contributed by atoms with Crippen molar-refractivity contribution >= 4 is 17.7 Å². The molecule has 1 aromatic carbocycles. The smallest absolute Gasteiger partial charge is 0.409 e. The standard InChI is InChI=1S/C31H46N2O8/c1-19-11-10-12-24(39-8)31(37)17-26(41-28(35)32-31)30(5,36)18-29(3,4)25(40-9)16-27(34)33(6)22-14-21(13-19)15-23(38-7)20(22)2/h10-12,14-15,24-26,36-37H,13,16-18H2,1-9H3,(H,32,35)/b12-10+,19-11+/t24-,25+,26?,30?,31+/m1/s1. The summed E-state index contributed by atoms with van der Waals surface area (Å²) in [5, 5.41) is 25.6. The molecular formula is C31H46N2O8. The number of hydrogen-bond acceptors (Lipinski definition) is 8. The normalized spacial score (nSPS) is 33.3. The van der Waals surface area contributed by atoms with Crippen LogP contribution in [0.3, 0.4) is 0 Å². The molecule has 2 unspecified atom stereocenters. The summed E-state index contributed by atoms with van der Waals surface area (Å²) in [4.78, 5) is 27.8. The first-order valence-corrected chi connectivity index (χ1v) is 13.8.